The van der Waals surface area contributed by atoms with E-state index in [0.717, 1.165) is 5.57 Å². The summed E-state index contributed by atoms with van der Waals surface area (Å²) in [6.45, 7) is 5.17. The molecule has 0 aliphatic carbocycles. The molecule has 0 unspecified atom stereocenters. The number of allylic oxidation sites excluding steroid dienone is 3. The van der Waals surface area contributed by atoms with Crippen LogP contribution in [0.4, 0.5) is 0 Å². The Morgan fingerprint density at radius 1 is 1.14 bits per heavy atom. The average Bonchev–Trinajstić information content (AvgIpc) is 2.08. The van der Waals surface area contributed by atoms with E-state index >= 15 is 0 Å². The van der Waals surface area contributed by atoms with Crippen LogP contribution in [0.3, 0.4) is 0 Å². The van der Waals surface area contributed by atoms with Gasteiger partial charge < -0.3 is 4.74 Å². The minimum absolute atomic E-state index is 0.0257. The van der Waals surface area contributed by atoms with Crippen LogP contribution in [-0.4, -0.2) is 18.4 Å². The highest BCUT2D eigenvalue weighted by Crippen LogP contribution is 1.98. The largest absolute Gasteiger partial charge is 0.466 e. The Hall–Kier alpha value is -1.38. The molecule has 0 aromatic carbocycles. The summed E-state index contributed by atoms with van der Waals surface area (Å²) < 4.78 is 4.74. The van der Waals surface area contributed by atoms with Gasteiger partial charge in [0, 0.05) is 13.3 Å². The van der Waals surface area contributed by atoms with Crippen LogP contribution in [0.15, 0.2) is 23.8 Å². The Balaban J connectivity index is 3.77. The molecule has 0 radical (unpaired) electrons. The maximum atomic E-state index is 10.6. The van der Waals surface area contributed by atoms with E-state index in [1.165, 1.54) is 19.9 Å². The topological polar surface area (TPSA) is 43.4 Å². The van der Waals surface area contributed by atoms with Gasteiger partial charge in [-0.25, -0.2) is 0 Å². The zero-order valence-corrected chi connectivity index (χ0v) is 8.87. The SMILES string of the molecule is CC(=O)/C=C/C(C)=C/CCOC(C)=O. The van der Waals surface area contributed by atoms with Crippen molar-refractivity contribution in [1.82, 2.24) is 0 Å². The van der Waals surface area contributed by atoms with Gasteiger partial charge in [0.25, 0.3) is 0 Å². The standard InChI is InChI=1S/C11H16O3/c1-9(6-7-10(2)12)5-4-8-14-11(3)13/h5-7H,4,8H2,1-3H3/b7-6+,9-5+. The Bertz CT molecular complexity index is 262. The van der Waals surface area contributed by atoms with Crippen molar-refractivity contribution in [2.24, 2.45) is 0 Å². The summed E-state index contributed by atoms with van der Waals surface area (Å²) in [7, 11) is 0. The van der Waals surface area contributed by atoms with Crippen LogP contribution in [-0.2, 0) is 14.3 Å². The van der Waals surface area contributed by atoms with Crippen molar-refractivity contribution in [2.75, 3.05) is 6.61 Å². The van der Waals surface area contributed by atoms with Gasteiger partial charge in [0.2, 0.25) is 0 Å². The number of rotatable bonds is 5. The smallest absolute Gasteiger partial charge is 0.302 e. The molecule has 14 heavy (non-hydrogen) atoms. The fourth-order valence-electron chi connectivity index (χ4n) is 0.806. The zero-order chi connectivity index (χ0) is 11.0. The van der Waals surface area contributed by atoms with Crippen molar-refractivity contribution in [3.05, 3.63) is 23.8 Å². The van der Waals surface area contributed by atoms with E-state index in [-0.39, 0.29) is 11.8 Å². The molecule has 78 valence electrons. The molecule has 0 saturated carbocycles. The second-order valence-corrected chi connectivity index (χ2v) is 3.02. The Kier molecular flexibility index (Phi) is 6.37. The monoisotopic (exact) mass is 196 g/mol. The Morgan fingerprint density at radius 3 is 2.29 bits per heavy atom. The first-order chi connectivity index (χ1) is 6.52. The first-order valence-corrected chi connectivity index (χ1v) is 4.51. The van der Waals surface area contributed by atoms with E-state index in [1.54, 1.807) is 6.08 Å². The van der Waals surface area contributed by atoms with Crippen LogP contribution in [0.25, 0.3) is 0 Å². The molecule has 0 amide bonds. The summed E-state index contributed by atoms with van der Waals surface area (Å²) in [5.74, 6) is -0.243. The number of ketones is 1. The minimum Gasteiger partial charge on any atom is -0.466 e. The van der Waals surface area contributed by atoms with Gasteiger partial charge in [0.1, 0.15) is 0 Å². The summed E-state index contributed by atoms with van der Waals surface area (Å²) >= 11 is 0. The predicted octanol–water partition coefficient (Wildman–Crippen LogP) is 2.03. The van der Waals surface area contributed by atoms with Gasteiger partial charge in [0.05, 0.1) is 6.61 Å². The molecule has 0 aromatic heterocycles. The molecule has 0 aliphatic heterocycles. The molecule has 0 atom stereocenters. The van der Waals surface area contributed by atoms with E-state index in [4.69, 9.17) is 4.74 Å². The first kappa shape index (κ1) is 12.6. The van der Waals surface area contributed by atoms with Gasteiger partial charge >= 0.3 is 5.97 Å². The van der Waals surface area contributed by atoms with Crippen molar-refractivity contribution in [3.63, 3.8) is 0 Å². The van der Waals surface area contributed by atoms with Gasteiger partial charge in [-0.2, -0.15) is 0 Å². The second kappa shape index (κ2) is 7.06. The Labute approximate surface area is 84.4 Å². The second-order valence-electron chi connectivity index (χ2n) is 3.02. The molecule has 0 aliphatic rings. The zero-order valence-electron chi connectivity index (χ0n) is 8.87. The number of hydrogen-bond acceptors (Lipinski definition) is 3. The lowest BCUT2D eigenvalue weighted by Crippen LogP contribution is -1.99. The van der Waals surface area contributed by atoms with Crippen molar-refractivity contribution in [1.29, 1.82) is 0 Å². The predicted molar refractivity (Wildman–Crippen MR) is 54.8 cm³/mol. The van der Waals surface area contributed by atoms with Crippen molar-refractivity contribution in [3.8, 4) is 0 Å². The highest BCUT2D eigenvalue weighted by Gasteiger charge is 1.90. The normalized spacial score (nSPS) is 11.8. The van der Waals surface area contributed by atoms with Crippen LogP contribution >= 0.6 is 0 Å². The summed E-state index contributed by atoms with van der Waals surface area (Å²) in [5, 5.41) is 0. The van der Waals surface area contributed by atoms with Crippen LogP contribution < -0.4 is 0 Å². The van der Waals surface area contributed by atoms with E-state index in [1.807, 2.05) is 13.0 Å². The van der Waals surface area contributed by atoms with Gasteiger partial charge in [0.15, 0.2) is 5.78 Å². The third-order valence-electron chi connectivity index (χ3n) is 1.47. The molecule has 0 rings (SSSR count). The molecular formula is C11H16O3. The number of hydrogen-bond donors (Lipinski definition) is 0. The highest BCUT2D eigenvalue weighted by atomic mass is 16.5. The van der Waals surface area contributed by atoms with E-state index in [0.29, 0.717) is 13.0 Å². The molecule has 0 heterocycles. The molecule has 0 spiro atoms. The van der Waals surface area contributed by atoms with Crippen molar-refractivity contribution < 1.29 is 14.3 Å². The maximum Gasteiger partial charge on any atom is 0.302 e. The molecule has 0 saturated heterocycles. The molecule has 0 aromatic rings. The lowest BCUT2D eigenvalue weighted by Gasteiger charge is -1.97. The molecular weight excluding hydrogens is 180 g/mol. The lowest BCUT2D eigenvalue weighted by molar-refractivity contribution is -0.140. The van der Waals surface area contributed by atoms with Crippen molar-refractivity contribution >= 4 is 11.8 Å². The third-order valence-corrected chi connectivity index (χ3v) is 1.47. The van der Waals surface area contributed by atoms with Crippen molar-refractivity contribution in [2.45, 2.75) is 27.2 Å². The molecule has 0 bridgehead atoms. The maximum absolute atomic E-state index is 10.6. The average molecular weight is 196 g/mol. The van der Waals surface area contributed by atoms with Gasteiger partial charge in [-0.05, 0) is 19.9 Å². The van der Waals surface area contributed by atoms with Crippen LogP contribution in [0.5, 0.6) is 0 Å². The van der Waals surface area contributed by atoms with Gasteiger partial charge in [-0.15, -0.1) is 0 Å². The summed E-state index contributed by atoms with van der Waals surface area (Å²) in [6, 6.07) is 0. The fourth-order valence-corrected chi connectivity index (χ4v) is 0.806. The number of carbonyl (C=O) groups excluding carboxylic acids is 2. The van der Waals surface area contributed by atoms with Crippen LogP contribution in [0.2, 0.25) is 0 Å². The van der Waals surface area contributed by atoms with Gasteiger partial charge in [-0.1, -0.05) is 17.7 Å². The molecule has 3 nitrogen and oxygen atoms in total. The summed E-state index contributed by atoms with van der Waals surface area (Å²) in [4.78, 5) is 21.0. The highest BCUT2D eigenvalue weighted by molar-refractivity contribution is 5.87. The first-order valence-electron chi connectivity index (χ1n) is 4.51. The van der Waals surface area contributed by atoms with Crippen LogP contribution in [0.1, 0.15) is 27.2 Å². The summed E-state index contributed by atoms with van der Waals surface area (Å²) in [5.41, 5.74) is 0.993. The minimum atomic E-state index is -0.268. The van der Waals surface area contributed by atoms with Crippen LogP contribution in [0, 0.1) is 0 Å². The fraction of sp³-hybridized carbons (Fsp3) is 0.455. The van der Waals surface area contributed by atoms with E-state index < -0.39 is 0 Å². The quantitative estimate of drug-likeness (QED) is 0.292. The van der Waals surface area contributed by atoms with E-state index in [9.17, 15) is 9.59 Å². The third kappa shape index (κ3) is 8.71. The Morgan fingerprint density at radius 2 is 1.79 bits per heavy atom. The molecule has 0 N–H and O–H groups in total. The summed E-state index contributed by atoms with van der Waals surface area (Å²) in [6.07, 6.45) is 5.85. The number of carbonyl (C=O) groups is 2. The number of esters is 1. The lowest BCUT2D eigenvalue weighted by atomic mass is 10.2. The molecule has 3 heteroatoms. The van der Waals surface area contributed by atoms with E-state index in [2.05, 4.69) is 0 Å². The molecule has 0 fully saturated rings. The number of ether oxygens (including phenoxy) is 1. The van der Waals surface area contributed by atoms with Gasteiger partial charge in [-0.3, -0.25) is 9.59 Å².